The van der Waals surface area contributed by atoms with Gasteiger partial charge in [0.15, 0.2) is 11.6 Å². The van der Waals surface area contributed by atoms with Crippen LogP contribution in [0, 0.1) is 11.6 Å². The molecule has 0 atom stereocenters. The van der Waals surface area contributed by atoms with Crippen molar-refractivity contribution >= 4 is 0 Å². The van der Waals surface area contributed by atoms with E-state index in [4.69, 9.17) is 0 Å². The smallest absolute Gasteiger partial charge is 0.305 e. The van der Waals surface area contributed by atoms with Gasteiger partial charge in [0.2, 0.25) is 5.82 Å². The monoisotopic (exact) mass is 318 g/mol. The average molecular weight is 318 g/mol. The standard InChI is InChI=1S/C13H11F5N4/c14-9-2-1-8(5-10(9)15)6-21-3-4-22-11(7-21)19-20-12(22)13(16,17)18/h1-2,5H,3-4,6-7H2. The Hall–Kier alpha value is -2.03. The summed E-state index contributed by atoms with van der Waals surface area (Å²) in [6.07, 6.45) is -4.53. The molecule has 1 aromatic carbocycles. The van der Waals surface area contributed by atoms with Crippen molar-refractivity contribution in [2.75, 3.05) is 6.54 Å². The summed E-state index contributed by atoms with van der Waals surface area (Å²) in [4.78, 5) is 1.80. The molecule has 2 aromatic rings. The Morgan fingerprint density at radius 3 is 2.50 bits per heavy atom. The zero-order chi connectivity index (χ0) is 15.9. The third-order valence-electron chi connectivity index (χ3n) is 3.48. The van der Waals surface area contributed by atoms with Gasteiger partial charge in [-0.3, -0.25) is 4.90 Å². The molecule has 4 nitrogen and oxygen atoms in total. The van der Waals surface area contributed by atoms with Gasteiger partial charge in [0.25, 0.3) is 0 Å². The second-order valence-electron chi connectivity index (χ2n) is 5.05. The molecule has 1 aliphatic heterocycles. The molecule has 3 rings (SSSR count). The molecule has 0 N–H and O–H groups in total. The SMILES string of the molecule is Fc1ccc(CN2CCn3c(nnc3C(F)(F)F)C2)cc1F. The van der Waals surface area contributed by atoms with E-state index in [1.807, 2.05) is 0 Å². The zero-order valence-electron chi connectivity index (χ0n) is 11.2. The van der Waals surface area contributed by atoms with Gasteiger partial charge < -0.3 is 4.57 Å². The van der Waals surface area contributed by atoms with Crippen LogP contribution in [-0.2, 0) is 25.8 Å². The molecule has 0 unspecified atom stereocenters. The minimum atomic E-state index is -4.53. The van der Waals surface area contributed by atoms with Crippen LogP contribution in [0.15, 0.2) is 18.2 Å². The molecule has 0 saturated carbocycles. The molecular weight excluding hydrogens is 307 g/mol. The largest absolute Gasteiger partial charge is 0.451 e. The molecule has 0 radical (unpaired) electrons. The van der Waals surface area contributed by atoms with Gasteiger partial charge in [0.05, 0.1) is 6.54 Å². The lowest BCUT2D eigenvalue weighted by molar-refractivity contribution is -0.148. The maximum Gasteiger partial charge on any atom is 0.451 e. The fourth-order valence-corrected chi connectivity index (χ4v) is 2.45. The van der Waals surface area contributed by atoms with Crippen molar-refractivity contribution in [2.45, 2.75) is 25.8 Å². The lowest BCUT2D eigenvalue weighted by Gasteiger charge is -2.27. The third kappa shape index (κ3) is 2.80. The van der Waals surface area contributed by atoms with Gasteiger partial charge in [0.1, 0.15) is 5.82 Å². The van der Waals surface area contributed by atoms with E-state index < -0.39 is 23.6 Å². The van der Waals surface area contributed by atoms with Crippen LogP contribution in [0.4, 0.5) is 22.0 Å². The third-order valence-corrected chi connectivity index (χ3v) is 3.48. The first kappa shape index (κ1) is 14.9. The molecule has 0 saturated heterocycles. The van der Waals surface area contributed by atoms with Gasteiger partial charge in [0, 0.05) is 19.6 Å². The van der Waals surface area contributed by atoms with Gasteiger partial charge in [-0.05, 0) is 17.7 Å². The molecule has 9 heteroatoms. The van der Waals surface area contributed by atoms with Crippen LogP contribution in [0.2, 0.25) is 0 Å². The molecule has 2 heterocycles. The topological polar surface area (TPSA) is 34.0 Å². The Bertz CT molecular complexity index is 694. The van der Waals surface area contributed by atoms with E-state index in [9.17, 15) is 22.0 Å². The molecule has 0 amide bonds. The van der Waals surface area contributed by atoms with Crippen molar-refractivity contribution in [3.63, 3.8) is 0 Å². The van der Waals surface area contributed by atoms with Gasteiger partial charge in [-0.25, -0.2) is 8.78 Å². The first-order chi connectivity index (χ1) is 10.3. The van der Waals surface area contributed by atoms with Crippen LogP contribution < -0.4 is 0 Å². The maximum absolute atomic E-state index is 13.2. The fourth-order valence-electron chi connectivity index (χ4n) is 2.45. The molecule has 0 aliphatic carbocycles. The highest BCUT2D eigenvalue weighted by atomic mass is 19.4. The van der Waals surface area contributed by atoms with Crippen LogP contribution in [-0.4, -0.2) is 26.2 Å². The number of benzene rings is 1. The number of alkyl halides is 3. The number of fused-ring (bicyclic) bond motifs is 1. The predicted molar refractivity (Wildman–Crippen MR) is 65.5 cm³/mol. The minimum Gasteiger partial charge on any atom is -0.305 e. The van der Waals surface area contributed by atoms with Crippen LogP contribution >= 0.6 is 0 Å². The molecule has 118 valence electrons. The first-order valence-electron chi connectivity index (χ1n) is 6.50. The van der Waals surface area contributed by atoms with Crippen LogP contribution in [0.5, 0.6) is 0 Å². The van der Waals surface area contributed by atoms with Crippen molar-refractivity contribution < 1.29 is 22.0 Å². The van der Waals surface area contributed by atoms with E-state index in [0.29, 0.717) is 18.7 Å². The lowest BCUT2D eigenvalue weighted by atomic mass is 10.2. The van der Waals surface area contributed by atoms with Crippen molar-refractivity contribution in [3.8, 4) is 0 Å². The van der Waals surface area contributed by atoms with Crippen molar-refractivity contribution in [1.29, 1.82) is 0 Å². The normalized spacial score (nSPS) is 15.9. The summed E-state index contributed by atoms with van der Waals surface area (Å²) in [6, 6.07) is 3.55. The number of hydrogen-bond acceptors (Lipinski definition) is 3. The lowest BCUT2D eigenvalue weighted by Crippen LogP contribution is -2.34. The van der Waals surface area contributed by atoms with E-state index in [1.54, 1.807) is 4.90 Å². The van der Waals surface area contributed by atoms with Gasteiger partial charge >= 0.3 is 6.18 Å². The summed E-state index contributed by atoms with van der Waals surface area (Å²) in [6.45, 7) is 0.904. The van der Waals surface area contributed by atoms with Crippen molar-refractivity contribution in [2.24, 2.45) is 0 Å². The summed E-state index contributed by atoms with van der Waals surface area (Å²) in [7, 11) is 0. The van der Waals surface area contributed by atoms with Crippen LogP contribution in [0.1, 0.15) is 17.2 Å². The summed E-state index contributed by atoms with van der Waals surface area (Å²) >= 11 is 0. The Morgan fingerprint density at radius 2 is 1.82 bits per heavy atom. The molecule has 0 bridgehead atoms. The Kier molecular flexibility index (Phi) is 3.59. The highest BCUT2D eigenvalue weighted by molar-refractivity contribution is 5.18. The van der Waals surface area contributed by atoms with Crippen LogP contribution in [0.25, 0.3) is 0 Å². The summed E-state index contributed by atoms with van der Waals surface area (Å²) in [5, 5.41) is 6.75. The van der Waals surface area contributed by atoms with E-state index in [-0.39, 0.29) is 18.9 Å². The summed E-state index contributed by atoms with van der Waals surface area (Å²) < 4.78 is 65.2. The predicted octanol–water partition coefficient (Wildman–Crippen LogP) is 2.59. The van der Waals surface area contributed by atoms with Gasteiger partial charge in [-0.15, -0.1) is 10.2 Å². The van der Waals surface area contributed by atoms with Gasteiger partial charge in [-0.1, -0.05) is 6.07 Å². The summed E-state index contributed by atoms with van der Waals surface area (Å²) in [5.41, 5.74) is 0.544. The van der Waals surface area contributed by atoms with Gasteiger partial charge in [-0.2, -0.15) is 13.2 Å². The van der Waals surface area contributed by atoms with E-state index in [0.717, 1.165) is 16.7 Å². The second-order valence-corrected chi connectivity index (χ2v) is 5.05. The van der Waals surface area contributed by atoms with Crippen molar-refractivity contribution in [3.05, 3.63) is 47.0 Å². The Labute approximate surface area is 122 Å². The van der Waals surface area contributed by atoms with Crippen molar-refractivity contribution in [1.82, 2.24) is 19.7 Å². The highest BCUT2D eigenvalue weighted by Crippen LogP contribution is 2.29. The highest BCUT2D eigenvalue weighted by Gasteiger charge is 2.39. The molecule has 1 aromatic heterocycles. The van der Waals surface area contributed by atoms with E-state index >= 15 is 0 Å². The molecular formula is C13H11F5N4. The molecule has 1 aliphatic rings. The molecule has 0 fully saturated rings. The Balaban J connectivity index is 1.75. The fraction of sp³-hybridized carbons (Fsp3) is 0.385. The number of aromatic nitrogens is 3. The quantitative estimate of drug-likeness (QED) is 0.798. The average Bonchev–Trinajstić information content (AvgIpc) is 2.86. The zero-order valence-corrected chi connectivity index (χ0v) is 11.2. The minimum absolute atomic E-state index is 0.0981. The van der Waals surface area contributed by atoms with Crippen LogP contribution in [0.3, 0.4) is 0 Å². The Morgan fingerprint density at radius 1 is 1.05 bits per heavy atom. The molecule has 0 spiro atoms. The number of halogens is 5. The first-order valence-corrected chi connectivity index (χ1v) is 6.50. The number of hydrogen-bond donors (Lipinski definition) is 0. The van der Waals surface area contributed by atoms with E-state index in [2.05, 4.69) is 10.2 Å². The second kappa shape index (κ2) is 5.31. The number of rotatable bonds is 2. The van der Waals surface area contributed by atoms with E-state index in [1.165, 1.54) is 6.07 Å². The summed E-state index contributed by atoms with van der Waals surface area (Å²) in [5.74, 6) is -2.68. The molecule has 22 heavy (non-hydrogen) atoms. The maximum atomic E-state index is 13.2. The number of nitrogens with zero attached hydrogens (tertiary/aromatic N) is 4.